The van der Waals surface area contributed by atoms with Gasteiger partial charge in [0, 0.05) is 16.5 Å². The predicted octanol–water partition coefficient (Wildman–Crippen LogP) is 5.24. The molecule has 3 aromatic rings. The van der Waals surface area contributed by atoms with Gasteiger partial charge in [-0.3, -0.25) is 4.79 Å². The molecule has 2 heterocycles. The number of nitrogens with one attached hydrogen (secondary N) is 1. The molecule has 1 amide bonds. The highest BCUT2D eigenvalue weighted by Gasteiger charge is 2.34. The van der Waals surface area contributed by atoms with E-state index in [0.29, 0.717) is 28.9 Å². The van der Waals surface area contributed by atoms with Crippen LogP contribution in [-0.4, -0.2) is 29.6 Å². The van der Waals surface area contributed by atoms with E-state index in [2.05, 4.69) is 4.98 Å². The van der Waals surface area contributed by atoms with Gasteiger partial charge in [0.15, 0.2) is 5.15 Å². The van der Waals surface area contributed by atoms with Gasteiger partial charge in [0.25, 0.3) is 5.91 Å². The Morgan fingerprint density at radius 1 is 1.28 bits per heavy atom. The first-order valence-electron chi connectivity index (χ1n) is 9.84. The summed E-state index contributed by atoms with van der Waals surface area (Å²) in [5, 5.41) is 1.45. The number of benzene rings is 1. The molecule has 1 aromatic carbocycles. The molecule has 0 atom stereocenters. The number of aryl methyl sites for hydroxylation is 1. The molecule has 3 rings (SSSR count). The van der Waals surface area contributed by atoms with Crippen LogP contribution < -0.4 is 4.72 Å². The number of rotatable bonds is 8. The number of hydrogen-bond donors (Lipinski definition) is 1. The Kier molecular flexibility index (Phi) is 7.21. The molecule has 0 aliphatic carbocycles. The van der Waals surface area contributed by atoms with Gasteiger partial charge in [-0.1, -0.05) is 31.0 Å². The lowest BCUT2D eigenvalue weighted by molar-refractivity contribution is -0.136. The highest BCUT2D eigenvalue weighted by Crippen LogP contribution is 2.39. The average molecular weight is 508 g/mol. The lowest BCUT2D eigenvalue weighted by Crippen LogP contribution is -2.33. The van der Waals surface area contributed by atoms with E-state index in [9.17, 15) is 26.4 Å². The van der Waals surface area contributed by atoms with Gasteiger partial charge in [0.2, 0.25) is 10.0 Å². The number of nitrogens with zero attached hydrogens (tertiary/aromatic N) is 2. The van der Waals surface area contributed by atoms with Crippen LogP contribution in [0.1, 0.15) is 54.1 Å². The average Bonchev–Trinajstić information content (AvgIpc) is 3.26. The van der Waals surface area contributed by atoms with Crippen molar-refractivity contribution in [2.75, 3.05) is 5.75 Å². The van der Waals surface area contributed by atoms with E-state index in [1.54, 1.807) is 11.4 Å². The van der Waals surface area contributed by atoms with Gasteiger partial charge in [-0.2, -0.15) is 13.2 Å². The molecule has 0 radical (unpaired) electrons. The monoisotopic (exact) mass is 507 g/mol. The minimum atomic E-state index is -4.55. The maximum atomic E-state index is 13.6. The maximum absolute atomic E-state index is 13.6. The third-order valence-corrected chi connectivity index (χ3v) is 7.43. The second kappa shape index (κ2) is 9.40. The molecule has 0 saturated heterocycles. The Labute approximate surface area is 192 Å². The fourth-order valence-corrected chi connectivity index (χ4v) is 5.10. The van der Waals surface area contributed by atoms with Crippen molar-refractivity contribution in [3.05, 3.63) is 51.4 Å². The molecule has 1 N–H and O–H groups in total. The van der Waals surface area contributed by atoms with E-state index in [1.807, 2.05) is 11.6 Å². The van der Waals surface area contributed by atoms with Crippen molar-refractivity contribution in [2.24, 2.45) is 0 Å². The van der Waals surface area contributed by atoms with Crippen molar-refractivity contribution in [3.63, 3.8) is 0 Å². The van der Waals surface area contributed by atoms with Gasteiger partial charge in [-0.15, -0.1) is 11.3 Å². The third kappa shape index (κ3) is 5.10. The number of alkyl halides is 3. The van der Waals surface area contributed by atoms with Crippen LogP contribution in [0.3, 0.4) is 0 Å². The Bertz CT molecular complexity index is 1250. The molecule has 2 aromatic heterocycles. The lowest BCUT2D eigenvalue weighted by Gasteiger charge is -2.14. The molecule has 0 bridgehead atoms. The number of thiophene rings is 1. The van der Waals surface area contributed by atoms with E-state index < -0.39 is 27.7 Å². The SMILES string of the molecule is CCCCc1nc(Cl)c(C(=O)NS(=O)(=O)CC)n1Cc1csc2cccc(C(F)(F)F)c12. The fraction of sp³-hybridized carbons (Fsp3) is 0.400. The van der Waals surface area contributed by atoms with Crippen molar-refractivity contribution in [3.8, 4) is 0 Å². The number of sulfonamides is 1. The zero-order valence-corrected chi connectivity index (χ0v) is 19.7. The minimum absolute atomic E-state index is 0.0452. The summed E-state index contributed by atoms with van der Waals surface area (Å²) in [5.74, 6) is -0.889. The number of amides is 1. The highest BCUT2D eigenvalue weighted by atomic mass is 35.5. The van der Waals surface area contributed by atoms with E-state index in [-0.39, 0.29) is 28.5 Å². The molecule has 12 heteroatoms. The van der Waals surface area contributed by atoms with Gasteiger partial charge in [0.05, 0.1) is 17.9 Å². The number of carbonyl (C=O) groups is 1. The topological polar surface area (TPSA) is 81.1 Å². The first-order chi connectivity index (χ1) is 15.0. The summed E-state index contributed by atoms with van der Waals surface area (Å²) in [5.41, 5.74) is -0.622. The molecular weight excluding hydrogens is 487 g/mol. The number of carbonyl (C=O) groups excluding carboxylic acids is 1. The Morgan fingerprint density at radius 2 is 2.00 bits per heavy atom. The van der Waals surface area contributed by atoms with Gasteiger partial charge < -0.3 is 4.57 Å². The second-order valence-corrected chi connectivity index (χ2v) is 10.4. The number of unbranched alkanes of at least 4 members (excludes halogenated alkanes) is 1. The van der Waals surface area contributed by atoms with E-state index >= 15 is 0 Å². The lowest BCUT2D eigenvalue weighted by atomic mass is 10.1. The van der Waals surface area contributed by atoms with Crippen molar-refractivity contribution < 1.29 is 26.4 Å². The summed E-state index contributed by atoms with van der Waals surface area (Å²) in [4.78, 5) is 17.0. The van der Waals surface area contributed by atoms with Crippen LogP contribution in [0.5, 0.6) is 0 Å². The first-order valence-corrected chi connectivity index (χ1v) is 12.8. The van der Waals surface area contributed by atoms with E-state index in [0.717, 1.165) is 23.8 Å². The van der Waals surface area contributed by atoms with E-state index in [1.165, 1.54) is 17.6 Å². The van der Waals surface area contributed by atoms with Crippen LogP contribution >= 0.6 is 22.9 Å². The molecule has 0 spiro atoms. The minimum Gasteiger partial charge on any atom is -0.318 e. The van der Waals surface area contributed by atoms with Gasteiger partial charge in [-0.05, 0) is 36.4 Å². The summed E-state index contributed by atoms with van der Waals surface area (Å²) in [6.45, 7) is 3.22. The number of imidazole rings is 1. The smallest absolute Gasteiger partial charge is 0.318 e. The number of halogens is 4. The summed E-state index contributed by atoms with van der Waals surface area (Å²) >= 11 is 7.35. The molecule has 6 nitrogen and oxygen atoms in total. The summed E-state index contributed by atoms with van der Waals surface area (Å²) in [6.07, 6.45) is -2.60. The van der Waals surface area contributed by atoms with Crippen LogP contribution in [0.2, 0.25) is 5.15 Å². The van der Waals surface area contributed by atoms with Crippen LogP contribution in [0.15, 0.2) is 23.6 Å². The Morgan fingerprint density at radius 3 is 2.62 bits per heavy atom. The van der Waals surface area contributed by atoms with Crippen molar-refractivity contribution in [1.29, 1.82) is 0 Å². The summed E-state index contributed by atoms with van der Waals surface area (Å²) in [6, 6.07) is 3.96. The van der Waals surface area contributed by atoms with Crippen LogP contribution in [0, 0.1) is 0 Å². The predicted molar refractivity (Wildman–Crippen MR) is 119 cm³/mol. The second-order valence-electron chi connectivity index (χ2n) is 7.13. The number of hydrogen-bond acceptors (Lipinski definition) is 5. The maximum Gasteiger partial charge on any atom is 0.417 e. The fourth-order valence-electron chi connectivity index (χ4n) is 3.32. The van der Waals surface area contributed by atoms with Gasteiger partial charge in [-0.25, -0.2) is 18.1 Å². The highest BCUT2D eigenvalue weighted by molar-refractivity contribution is 7.90. The Balaban J connectivity index is 2.14. The molecule has 0 unspecified atom stereocenters. The molecule has 32 heavy (non-hydrogen) atoms. The van der Waals surface area contributed by atoms with Crippen LogP contribution in [0.25, 0.3) is 10.1 Å². The van der Waals surface area contributed by atoms with Crippen molar-refractivity contribution in [2.45, 2.75) is 45.8 Å². The van der Waals surface area contributed by atoms with Crippen LogP contribution in [-0.2, 0) is 29.2 Å². The first kappa shape index (κ1) is 24.5. The molecule has 0 aliphatic heterocycles. The van der Waals surface area contributed by atoms with Gasteiger partial charge in [0.1, 0.15) is 11.5 Å². The molecule has 0 saturated carbocycles. The number of fused-ring (bicyclic) bond motifs is 1. The zero-order chi connectivity index (χ0) is 23.7. The molecule has 0 aliphatic rings. The third-order valence-electron chi connectivity index (χ3n) is 4.91. The molecule has 174 valence electrons. The van der Waals surface area contributed by atoms with E-state index in [4.69, 9.17) is 11.6 Å². The molecule has 0 fully saturated rings. The molecular formula is C20H21ClF3N3O3S2. The normalized spacial score (nSPS) is 12.4. The standard InChI is InChI=1S/C20H21ClF3N3O3S2/c1-3-5-9-15-25-18(21)17(19(28)26-32(29,30)4-2)27(15)10-12-11-31-14-8-6-7-13(16(12)14)20(22,23)24/h6-8,11H,3-5,9-10H2,1-2H3,(H,26,28). The Hall–Kier alpha value is -2.11. The quantitative estimate of drug-likeness (QED) is 0.452. The van der Waals surface area contributed by atoms with Crippen molar-refractivity contribution >= 4 is 49.0 Å². The van der Waals surface area contributed by atoms with Gasteiger partial charge >= 0.3 is 6.18 Å². The van der Waals surface area contributed by atoms with Crippen LogP contribution in [0.4, 0.5) is 13.2 Å². The number of aromatic nitrogens is 2. The van der Waals surface area contributed by atoms with Crippen molar-refractivity contribution in [1.82, 2.24) is 14.3 Å². The largest absolute Gasteiger partial charge is 0.417 e. The summed E-state index contributed by atoms with van der Waals surface area (Å²) in [7, 11) is -3.88. The zero-order valence-electron chi connectivity index (χ0n) is 17.3. The summed E-state index contributed by atoms with van der Waals surface area (Å²) < 4.78 is 68.5.